The molecule has 6 rings (SSSR count). The Bertz CT molecular complexity index is 2180. The first-order valence-corrected chi connectivity index (χ1v) is 18.2. The molecule has 2 unspecified atom stereocenters. The summed E-state index contributed by atoms with van der Waals surface area (Å²) in [5, 5.41) is -0.597. The van der Waals surface area contributed by atoms with Crippen LogP contribution in [0.1, 0.15) is 26.7 Å². The van der Waals surface area contributed by atoms with Gasteiger partial charge in [0.1, 0.15) is 11.4 Å². The molecular formula is C39H31F8N3S3. The van der Waals surface area contributed by atoms with Gasteiger partial charge >= 0.3 is 0 Å². The van der Waals surface area contributed by atoms with Crippen LogP contribution < -0.4 is 15.5 Å². The number of halogens is 8. The van der Waals surface area contributed by atoms with E-state index in [0.717, 1.165) is 29.4 Å². The van der Waals surface area contributed by atoms with Crippen molar-refractivity contribution in [2.45, 2.75) is 51.5 Å². The Kier molecular flexibility index (Phi) is 10.5. The van der Waals surface area contributed by atoms with Crippen molar-refractivity contribution >= 4 is 53.2 Å². The van der Waals surface area contributed by atoms with Crippen molar-refractivity contribution in [1.82, 2.24) is 0 Å². The maximum Gasteiger partial charge on any atom is 0.186 e. The molecule has 2 saturated heterocycles. The molecule has 3 nitrogen and oxygen atoms in total. The van der Waals surface area contributed by atoms with E-state index in [1.165, 1.54) is 23.5 Å². The number of rotatable bonds is 8. The molecule has 0 bridgehead atoms. The highest BCUT2D eigenvalue weighted by atomic mass is 32.2. The zero-order valence-corrected chi connectivity index (χ0v) is 30.8. The van der Waals surface area contributed by atoms with Crippen LogP contribution in [-0.4, -0.2) is 5.25 Å². The first-order chi connectivity index (χ1) is 24.9. The summed E-state index contributed by atoms with van der Waals surface area (Å²) in [5.74, 6) is -17.9. The van der Waals surface area contributed by atoms with Gasteiger partial charge in [0.05, 0.1) is 16.4 Å². The standard InChI is InChI=1S/C39H31F8N3S3/c1-16(2)24-13-17(3)49(19(24)5)38-34(44)30(40)28(31(41)35(38)45)29-32(42)36(46)39(37(47)33(29)43)50-18(4)14-27(20(50)6)53-23-10-8-22(9-11-23)52-26-12-7-21(51)15-25(26)48/h7-12,15-16,24,27,51H,3-6,13-14,48H2,1-2H3. The average Bonchev–Trinajstić information content (AvgIpc) is 3.55. The van der Waals surface area contributed by atoms with Crippen LogP contribution in [0, 0.1) is 58.4 Å². The molecule has 53 heavy (non-hydrogen) atoms. The van der Waals surface area contributed by atoms with Gasteiger partial charge in [0.2, 0.25) is 0 Å². The zero-order chi connectivity index (χ0) is 38.8. The third-order valence-corrected chi connectivity index (χ3v) is 11.8. The fourth-order valence-corrected chi connectivity index (χ4v) is 8.71. The van der Waals surface area contributed by atoms with Crippen LogP contribution in [0.25, 0.3) is 11.1 Å². The van der Waals surface area contributed by atoms with Crippen molar-refractivity contribution in [3.8, 4) is 11.1 Å². The molecule has 276 valence electrons. The average molecular weight is 790 g/mol. The number of anilines is 3. The highest BCUT2D eigenvalue weighted by Crippen LogP contribution is 2.50. The molecule has 0 aromatic heterocycles. The molecule has 0 radical (unpaired) electrons. The molecule has 0 spiro atoms. The van der Waals surface area contributed by atoms with Gasteiger partial charge in [-0.1, -0.05) is 51.9 Å². The largest absolute Gasteiger partial charge is 0.398 e. The van der Waals surface area contributed by atoms with E-state index >= 15 is 35.1 Å². The lowest BCUT2D eigenvalue weighted by Gasteiger charge is -2.26. The highest BCUT2D eigenvalue weighted by Gasteiger charge is 2.42. The second-order valence-corrected chi connectivity index (χ2v) is 15.8. The van der Waals surface area contributed by atoms with Crippen molar-refractivity contribution in [2.75, 3.05) is 15.5 Å². The smallest absolute Gasteiger partial charge is 0.186 e. The first-order valence-electron chi connectivity index (χ1n) is 16.0. The summed E-state index contributed by atoms with van der Waals surface area (Å²) in [4.78, 5) is 4.72. The predicted octanol–water partition coefficient (Wildman–Crippen LogP) is 12.4. The lowest BCUT2D eigenvalue weighted by molar-refractivity contribution is 0.442. The Morgan fingerprint density at radius 1 is 0.660 bits per heavy atom. The Balaban J connectivity index is 1.30. The SMILES string of the molecule is C=C1CC(Sc2ccc(Sc3ccc(S)cc3N)cc2)C(=C)N1c1c(F)c(F)c(-c2c(F)c(F)c(N3C(=C)CC(C(C)C)C3=C)c(F)c2F)c(F)c1F. The molecule has 2 N–H and O–H groups in total. The van der Waals surface area contributed by atoms with Crippen molar-refractivity contribution < 1.29 is 35.1 Å². The molecular weight excluding hydrogens is 759 g/mol. The first kappa shape index (κ1) is 38.5. The minimum absolute atomic E-state index is 0.00648. The van der Waals surface area contributed by atoms with Crippen LogP contribution in [0.15, 0.2) is 111 Å². The minimum atomic E-state index is -2.28. The summed E-state index contributed by atoms with van der Waals surface area (Å²) >= 11 is 6.95. The van der Waals surface area contributed by atoms with Gasteiger partial charge in [0.25, 0.3) is 0 Å². The zero-order valence-electron chi connectivity index (χ0n) is 28.3. The van der Waals surface area contributed by atoms with E-state index in [2.05, 4.69) is 38.9 Å². The maximum atomic E-state index is 15.8. The molecule has 2 atom stereocenters. The van der Waals surface area contributed by atoms with E-state index in [0.29, 0.717) is 5.69 Å². The van der Waals surface area contributed by atoms with Crippen LogP contribution in [0.2, 0.25) is 0 Å². The quantitative estimate of drug-likeness (QED) is 0.0804. The molecule has 2 aliphatic heterocycles. The van der Waals surface area contributed by atoms with E-state index in [-0.39, 0.29) is 47.5 Å². The van der Waals surface area contributed by atoms with E-state index in [1.807, 2.05) is 24.3 Å². The second kappa shape index (κ2) is 14.5. The number of nitrogen functional groups attached to an aromatic ring is 1. The molecule has 0 amide bonds. The number of nitrogens with two attached hydrogens (primary N) is 1. The molecule has 4 aromatic carbocycles. The van der Waals surface area contributed by atoms with Gasteiger partial charge in [-0.2, -0.15) is 0 Å². The number of hydrogen-bond donors (Lipinski definition) is 2. The number of nitrogens with zero attached hydrogens (tertiary/aromatic N) is 2. The van der Waals surface area contributed by atoms with Crippen LogP contribution >= 0.6 is 36.2 Å². The molecule has 14 heteroatoms. The van der Waals surface area contributed by atoms with Crippen LogP contribution in [0.5, 0.6) is 0 Å². The van der Waals surface area contributed by atoms with Gasteiger partial charge in [0.15, 0.2) is 46.5 Å². The van der Waals surface area contributed by atoms with Gasteiger partial charge in [0, 0.05) is 60.4 Å². The minimum Gasteiger partial charge on any atom is -0.398 e. The number of hydrogen-bond acceptors (Lipinski definition) is 6. The molecule has 2 heterocycles. The summed E-state index contributed by atoms with van der Waals surface area (Å²) in [6.07, 6.45) is 0.226. The molecule has 2 aliphatic rings. The predicted molar refractivity (Wildman–Crippen MR) is 199 cm³/mol. The number of benzene rings is 4. The summed E-state index contributed by atoms with van der Waals surface area (Å²) in [6.45, 7) is 18.8. The summed E-state index contributed by atoms with van der Waals surface area (Å²) in [6, 6.07) is 12.7. The van der Waals surface area contributed by atoms with Crippen LogP contribution in [-0.2, 0) is 0 Å². The third kappa shape index (κ3) is 6.63. The number of thioether (sulfide) groups is 1. The van der Waals surface area contributed by atoms with Crippen molar-refractivity contribution in [2.24, 2.45) is 11.8 Å². The van der Waals surface area contributed by atoms with Crippen molar-refractivity contribution in [3.63, 3.8) is 0 Å². The van der Waals surface area contributed by atoms with Crippen LogP contribution in [0.4, 0.5) is 52.2 Å². The van der Waals surface area contributed by atoms with Crippen LogP contribution in [0.3, 0.4) is 0 Å². The highest BCUT2D eigenvalue weighted by molar-refractivity contribution is 8.00. The summed E-state index contributed by atoms with van der Waals surface area (Å²) < 4.78 is 126. The Morgan fingerprint density at radius 2 is 1.11 bits per heavy atom. The number of allylic oxidation sites excluding steroid dienone is 3. The molecule has 0 saturated carbocycles. The van der Waals surface area contributed by atoms with E-state index in [1.54, 1.807) is 32.0 Å². The van der Waals surface area contributed by atoms with Gasteiger partial charge in [-0.25, -0.2) is 35.1 Å². The topological polar surface area (TPSA) is 32.5 Å². The van der Waals surface area contributed by atoms with E-state index in [9.17, 15) is 0 Å². The van der Waals surface area contributed by atoms with Crippen molar-refractivity contribution in [1.29, 1.82) is 0 Å². The lowest BCUT2D eigenvalue weighted by Crippen LogP contribution is -2.22. The van der Waals surface area contributed by atoms with E-state index < -0.39 is 74.3 Å². The second-order valence-electron chi connectivity index (χ2n) is 12.9. The van der Waals surface area contributed by atoms with Gasteiger partial charge in [-0.15, -0.1) is 24.4 Å². The van der Waals surface area contributed by atoms with Gasteiger partial charge < -0.3 is 15.5 Å². The number of thiol groups is 1. The Labute approximate surface area is 315 Å². The fraction of sp³-hybridized carbons (Fsp3) is 0.179. The van der Waals surface area contributed by atoms with E-state index in [4.69, 9.17) is 5.73 Å². The van der Waals surface area contributed by atoms with Gasteiger partial charge in [-0.05, 0) is 54.8 Å². The monoisotopic (exact) mass is 789 g/mol. The normalized spacial score (nSPS) is 17.7. The van der Waals surface area contributed by atoms with Gasteiger partial charge in [-0.3, -0.25) is 0 Å². The lowest BCUT2D eigenvalue weighted by atomic mass is 9.92. The Morgan fingerprint density at radius 3 is 1.57 bits per heavy atom. The molecule has 2 fully saturated rings. The van der Waals surface area contributed by atoms with Crippen molar-refractivity contribution in [3.05, 3.63) is 138 Å². The fourth-order valence-electron chi connectivity index (χ4n) is 6.51. The maximum absolute atomic E-state index is 15.8. The molecule has 4 aromatic rings. The Hall–Kier alpha value is -4.27. The third-order valence-electron chi connectivity index (χ3n) is 9.19. The molecule has 0 aliphatic carbocycles. The summed E-state index contributed by atoms with van der Waals surface area (Å²) in [5.41, 5.74) is 0.338. The summed E-state index contributed by atoms with van der Waals surface area (Å²) in [7, 11) is 0.